The van der Waals surface area contributed by atoms with E-state index in [2.05, 4.69) is 29.5 Å². The van der Waals surface area contributed by atoms with Crippen LogP contribution in [-0.4, -0.2) is 17.4 Å². The quantitative estimate of drug-likeness (QED) is 0.879. The molecule has 5 heteroatoms. The highest BCUT2D eigenvalue weighted by Gasteiger charge is 2.14. The van der Waals surface area contributed by atoms with Crippen LogP contribution < -0.4 is 10.6 Å². The van der Waals surface area contributed by atoms with Gasteiger partial charge in [-0.1, -0.05) is 19.1 Å². The molecule has 1 heterocycles. The number of amides is 1. The molecular weight excluding hydrogens is 254 g/mol. The van der Waals surface area contributed by atoms with E-state index in [9.17, 15) is 4.79 Å². The zero-order chi connectivity index (χ0) is 14.5. The predicted octanol–water partition coefficient (Wildman–Crippen LogP) is 2.91. The molecule has 0 saturated heterocycles. The predicted molar refractivity (Wildman–Crippen MR) is 77.7 cm³/mol. The largest absolute Gasteiger partial charge is 0.438 e. The van der Waals surface area contributed by atoms with Gasteiger partial charge in [0.15, 0.2) is 6.39 Å². The van der Waals surface area contributed by atoms with E-state index in [-0.39, 0.29) is 11.7 Å². The molecule has 0 fully saturated rings. The molecule has 0 saturated carbocycles. The number of rotatable bonds is 5. The number of anilines is 1. The van der Waals surface area contributed by atoms with E-state index >= 15 is 0 Å². The third-order valence-corrected chi connectivity index (χ3v) is 3.13. The fraction of sp³-hybridized carbons (Fsp3) is 0.333. The Morgan fingerprint density at radius 1 is 1.35 bits per heavy atom. The Hall–Kier alpha value is -2.14. The van der Waals surface area contributed by atoms with Crippen LogP contribution in [0.3, 0.4) is 0 Å². The summed E-state index contributed by atoms with van der Waals surface area (Å²) in [5.41, 5.74) is 2.50. The van der Waals surface area contributed by atoms with Gasteiger partial charge in [-0.05, 0) is 38.1 Å². The van der Waals surface area contributed by atoms with Crippen molar-refractivity contribution < 1.29 is 9.21 Å². The summed E-state index contributed by atoms with van der Waals surface area (Å²) in [6.45, 7) is 6.84. The highest BCUT2D eigenvalue weighted by Crippen LogP contribution is 2.17. The molecule has 20 heavy (non-hydrogen) atoms. The molecule has 1 amide bonds. The summed E-state index contributed by atoms with van der Waals surface area (Å²) in [5.74, 6) is -0.0393. The fourth-order valence-corrected chi connectivity index (χ4v) is 1.99. The Labute approximate surface area is 118 Å². The van der Waals surface area contributed by atoms with Gasteiger partial charge in [-0.3, -0.25) is 4.79 Å². The number of hydrogen-bond acceptors (Lipinski definition) is 4. The van der Waals surface area contributed by atoms with Gasteiger partial charge in [0.1, 0.15) is 0 Å². The molecule has 2 N–H and O–H groups in total. The molecule has 2 rings (SSSR count). The Bertz CT molecular complexity index is 575. The number of hydrogen-bond donors (Lipinski definition) is 2. The third kappa shape index (κ3) is 3.24. The maximum atomic E-state index is 12.0. The van der Waals surface area contributed by atoms with Gasteiger partial charge < -0.3 is 15.1 Å². The first-order chi connectivity index (χ1) is 9.61. The smallest absolute Gasteiger partial charge is 0.293 e. The average Bonchev–Trinajstić information content (AvgIpc) is 2.86. The summed E-state index contributed by atoms with van der Waals surface area (Å²) in [4.78, 5) is 15.9. The van der Waals surface area contributed by atoms with Crippen molar-refractivity contribution in [3.63, 3.8) is 0 Å². The van der Waals surface area contributed by atoms with E-state index in [1.54, 1.807) is 6.92 Å². The van der Waals surface area contributed by atoms with Crippen LogP contribution in [0.25, 0.3) is 0 Å². The Kier molecular flexibility index (Phi) is 4.53. The van der Waals surface area contributed by atoms with Crippen LogP contribution in [0.4, 0.5) is 5.69 Å². The molecule has 106 valence electrons. The molecule has 1 aromatic carbocycles. The van der Waals surface area contributed by atoms with Crippen molar-refractivity contribution in [2.45, 2.75) is 26.8 Å². The molecule has 0 aliphatic carbocycles. The maximum Gasteiger partial charge on any atom is 0.293 e. The van der Waals surface area contributed by atoms with Gasteiger partial charge >= 0.3 is 0 Å². The van der Waals surface area contributed by atoms with Gasteiger partial charge in [-0.15, -0.1) is 0 Å². The summed E-state index contributed by atoms with van der Waals surface area (Å²) < 4.78 is 5.06. The highest BCUT2D eigenvalue weighted by molar-refractivity contribution is 6.02. The second-order valence-corrected chi connectivity index (χ2v) is 4.62. The summed E-state index contributed by atoms with van der Waals surface area (Å²) >= 11 is 0. The van der Waals surface area contributed by atoms with Crippen LogP contribution in [0.1, 0.15) is 41.7 Å². The van der Waals surface area contributed by atoms with Crippen LogP contribution in [0.15, 0.2) is 35.1 Å². The van der Waals surface area contributed by atoms with Gasteiger partial charge in [0.2, 0.25) is 5.76 Å². The number of carbonyl (C=O) groups excluding carboxylic acids is 1. The van der Waals surface area contributed by atoms with Gasteiger partial charge in [0.25, 0.3) is 5.91 Å². The van der Waals surface area contributed by atoms with Crippen molar-refractivity contribution in [3.8, 4) is 0 Å². The van der Waals surface area contributed by atoms with Crippen molar-refractivity contribution in [1.29, 1.82) is 0 Å². The van der Waals surface area contributed by atoms with Crippen molar-refractivity contribution in [3.05, 3.63) is 47.7 Å². The van der Waals surface area contributed by atoms with E-state index in [0.717, 1.165) is 12.2 Å². The molecule has 5 nitrogen and oxygen atoms in total. The van der Waals surface area contributed by atoms with Crippen LogP contribution in [0, 0.1) is 6.92 Å². The Morgan fingerprint density at radius 3 is 2.60 bits per heavy atom. The molecule has 0 aliphatic heterocycles. The van der Waals surface area contributed by atoms with Crippen molar-refractivity contribution in [2.75, 3.05) is 11.9 Å². The number of aryl methyl sites for hydroxylation is 1. The lowest BCUT2D eigenvalue weighted by atomic mass is 10.1. The van der Waals surface area contributed by atoms with Crippen molar-refractivity contribution in [2.24, 2.45) is 0 Å². The van der Waals surface area contributed by atoms with E-state index in [0.29, 0.717) is 11.7 Å². The van der Waals surface area contributed by atoms with Gasteiger partial charge in [0.05, 0.1) is 5.69 Å². The molecule has 1 aromatic heterocycles. The first-order valence-corrected chi connectivity index (χ1v) is 6.66. The monoisotopic (exact) mass is 273 g/mol. The molecular formula is C15H19N3O2. The maximum absolute atomic E-state index is 12.0. The standard InChI is InChI=1S/C15H19N3O2/c1-4-16-10(2)12-5-7-13(8-6-12)18-15(19)14-11(3)17-9-20-14/h5-10,16H,4H2,1-3H3,(H,18,19). The normalized spacial score (nSPS) is 12.2. The second kappa shape index (κ2) is 6.34. The van der Waals surface area contributed by atoms with Gasteiger partial charge in [0, 0.05) is 11.7 Å². The van der Waals surface area contributed by atoms with Gasteiger partial charge in [-0.2, -0.15) is 0 Å². The summed E-state index contributed by atoms with van der Waals surface area (Å²) in [7, 11) is 0. The molecule has 0 bridgehead atoms. The fourth-order valence-electron chi connectivity index (χ4n) is 1.99. The molecule has 0 aliphatic rings. The van der Waals surface area contributed by atoms with E-state index in [1.165, 1.54) is 12.0 Å². The topological polar surface area (TPSA) is 67.2 Å². The zero-order valence-corrected chi connectivity index (χ0v) is 11.9. The average molecular weight is 273 g/mol. The van der Waals surface area contributed by atoms with Crippen LogP contribution >= 0.6 is 0 Å². The lowest BCUT2D eigenvalue weighted by Gasteiger charge is -2.13. The lowest BCUT2D eigenvalue weighted by molar-refractivity contribution is 0.0996. The number of carbonyl (C=O) groups is 1. The van der Waals surface area contributed by atoms with Crippen molar-refractivity contribution in [1.82, 2.24) is 10.3 Å². The van der Waals surface area contributed by atoms with Crippen LogP contribution in [0.5, 0.6) is 0 Å². The van der Waals surface area contributed by atoms with Crippen LogP contribution in [0.2, 0.25) is 0 Å². The number of oxazole rings is 1. The lowest BCUT2D eigenvalue weighted by Crippen LogP contribution is -2.17. The first-order valence-electron chi connectivity index (χ1n) is 6.66. The Balaban J connectivity index is 2.04. The summed E-state index contributed by atoms with van der Waals surface area (Å²) in [6, 6.07) is 8.05. The second-order valence-electron chi connectivity index (χ2n) is 4.62. The van der Waals surface area contributed by atoms with Crippen molar-refractivity contribution >= 4 is 11.6 Å². The third-order valence-electron chi connectivity index (χ3n) is 3.13. The summed E-state index contributed by atoms with van der Waals surface area (Å²) in [5, 5.41) is 6.13. The van der Waals surface area contributed by atoms with Crippen LogP contribution in [-0.2, 0) is 0 Å². The SMILES string of the molecule is CCNC(C)c1ccc(NC(=O)c2ocnc2C)cc1. The number of aromatic nitrogens is 1. The minimum absolute atomic E-state index is 0.245. The Morgan fingerprint density at radius 2 is 2.05 bits per heavy atom. The molecule has 0 spiro atoms. The molecule has 1 atom stereocenters. The number of nitrogens with one attached hydrogen (secondary N) is 2. The summed E-state index contributed by atoms with van der Waals surface area (Å²) in [6.07, 6.45) is 1.27. The van der Waals surface area contributed by atoms with E-state index in [4.69, 9.17) is 4.42 Å². The van der Waals surface area contributed by atoms with Gasteiger partial charge in [-0.25, -0.2) is 4.98 Å². The first kappa shape index (κ1) is 14.3. The number of nitrogens with zero attached hydrogens (tertiary/aromatic N) is 1. The van der Waals surface area contributed by atoms with E-state index in [1.807, 2.05) is 24.3 Å². The molecule has 2 aromatic rings. The molecule has 0 radical (unpaired) electrons. The minimum Gasteiger partial charge on any atom is -0.438 e. The zero-order valence-electron chi connectivity index (χ0n) is 11.9. The molecule has 1 unspecified atom stereocenters. The minimum atomic E-state index is -0.285. The number of benzene rings is 1. The highest BCUT2D eigenvalue weighted by atomic mass is 16.3. The van der Waals surface area contributed by atoms with E-state index < -0.39 is 0 Å².